The van der Waals surface area contributed by atoms with Crippen LogP contribution in [0.25, 0.3) is 0 Å². The summed E-state index contributed by atoms with van der Waals surface area (Å²) in [6, 6.07) is 10.9. The number of ether oxygens (including phenoxy) is 2. The number of nitro benzene ring substituents is 1. The van der Waals surface area contributed by atoms with Crippen molar-refractivity contribution in [1.29, 1.82) is 0 Å². The van der Waals surface area contributed by atoms with E-state index >= 15 is 0 Å². The minimum Gasteiger partial charge on any atom is -0.493 e. The van der Waals surface area contributed by atoms with E-state index < -0.39 is 16.4 Å². The first-order valence-corrected chi connectivity index (χ1v) is 11.8. The fourth-order valence-corrected chi connectivity index (χ4v) is 5.00. The predicted octanol–water partition coefficient (Wildman–Crippen LogP) is 3.53. The van der Waals surface area contributed by atoms with E-state index in [0.29, 0.717) is 43.0 Å². The van der Waals surface area contributed by atoms with Crippen molar-refractivity contribution >= 4 is 23.6 Å². The van der Waals surface area contributed by atoms with Crippen LogP contribution in [0.4, 0.5) is 5.69 Å². The molecule has 0 spiro atoms. The molecule has 0 bridgehead atoms. The van der Waals surface area contributed by atoms with Gasteiger partial charge in [-0.15, -0.1) is 0 Å². The maximum atomic E-state index is 13.0. The van der Waals surface area contributed by atoms with Crippen molar-refractivity contribution in [3.63, 3.8) is 0 Å². The molecule has 0 aromatic heterocycles. The Hall–Kier alpha value is -3.95. The van der Waals surface area contributed by atoms with Gasteiger partial charge in [-0.1, -0.05) is 19.9 Å². The molecule has 10 nitrogen and oxygen atoms in total. The van der Waals surface area contributed by atoms with Gasteiger partial charge in [0.05, 0.1) is 30.9 Å². The molecule has 0 N–H and O–H groups in total. The second-order valence-electron chi connectivity index (χ2n) is 9.53. The van der Waals surface area contributed by atoms with Gasteiger partial charge in [-0.3, -0.25) is 19.9 Å². The fourth-order valence-electron chi connectivity index (χ4n) is 5.00. The number of amides is 1. The monoisotopic (exact) mass is 494 g/mol. The van der Waals surface area contributed by atoms with Crippen LogP contribution >= 0.6 is 0 Å². The number of hydrogen-bond donors (Lipinski definition) is 0. The van der Waals surface area contributed by atoms with Crippen LogP contribution in [0, 0.1) is 15.5 Å². The Morgan fingerprint density at radius 1 is 1.11 bits per heavy atom. The van der Waals surface area contributed by atoms with E-state index in [9.17, 15) is 19.7 Å². The lowest BCUT2D eigenvalue weighted by atomic mass is 9.78. The number of likely N-dealkylation sites (tertiary alicyclic amines) is 1. The summed E-state index contributed by atoms with van der Waals surface area (Å²) < 4.78 is 10.8. The Morgan fingerprint density at radius 3 is 2.42 bits per heavy atom. The second kappa shape index (κ2) is 9.96. The largest absolute Gasteiger partial charge is 0.493 e. The van der Waals surface area contributed by atoms with Crippen molar-refractivity contribution in [1.82, 2.24) is 9.91 Å². The van der Waals surface area contributed by atoms with Crippen molar-refractivity contribution in [3.05, 3.63) is 63.7 Å². The molecule has 2 aliphatic heterocycles. The normalized spacial score (nSPS) is 19.6. The fraction of sp³-hybridized carbons (Fsp3) is 0.423. The zero-order chi connectivity index (χ0) is 26.0. The van der Waals surface area contributed by atoms with Crippen LogP contribution in [0.15, 0.2) is 47.6 Å². The van der Waals surface area contributed by atoms with Gasteiger partial charge in [0.1, 0.15) is 12.3 Å². The summed E-state index contributed by atoms with van der Waals surface area (Å²) in [6.45, 7) is 4.94. The maximum Gasteiger partial charge on any atom is 0.270 e. The molecule has 2 aromatic carbocycles. The SMILES string of the molecule is COc1ccc(C2=NN(C3CCN(C(=O)c4cccc([N+](=O)[O-])c4)CC3)C(C=O)C2(C)C)cc1OC. The molecule has 1 saturated heterocycles. The Morgan fingerprint density at radius 2 is 1.81 bits per heavy atom. The van der Waals surface area contributed by atoms with Gasteiger partial charge in [-0.05, 0) is 37.1 Å². The van der Waals surface area contributed by atoms with E-state index in [1.165, 1.54) is 18.2 Å². The van der Waals surface area contributed by atoms with Crippen molar-refractivity contribution in [2.75, 3.05) is 27.3 Å². The standard InChI is InChI=1S/C26H30N4O6/c1-26(2)23(16-31)29(27-24(26)17-8-9-21(35-3)22(15-17)36-4)19-10-12-28(13-11-19)25(32)18-6-5-7-20(14-18)30(33)34/h5-9,14-16,19,23H,10-13H2,1-4H3. The van der Waals surface area contributed by atoms with Crippen molar-refractivity contribution in [3.8, 4) is 11.5 Å². The van der Waals surface area contributed by atoms with E-state index in [2.05, 4.69) is 0 Å². The van der Waals surface area contributed by atoms with Crippen LogP contribution in [0.1, 0.15) is 42.6 Å². The van der Waals surface area contributed by atoms with Gasteiger partial charge in [0.2, 0.25) is 0 Å². The molecule has 1 amide bonds. The summed E-state index contributed by atoms with van der Waals surface area (Å²) in [4.78, 5) is 37.5. The first-order chi connectivity index (χ1) is 17.2. The summed E-state index contributed by atoms with van der Waals surface area (Å²) in [7, 11) is 3.15. The number of nitro groups is 1. The third-order valence-electron chi connectivity index (χ3n) is 7.07. The van der Waals surface area contributed by atoms with Crippen LogP contribution in [-0.4, -0.2) is 72.1 Å². The minimum atomic E-state index is -0.544. The maximum absolute atomic E-state index is 13.0. The zero-order valence-corrected chi connectivity index (χ0v) is 20.8. The summed E-state index contributed by atoms with van der Waals surface area (Å²) in [5.41, 5.74) is 1.28. The van der Waals surface area contributed by atoms with Crippen molar-refractivity contribution in [2.45, 2.75) is 38.8 Å². The van der Waals surface area contributed by atoms with Gasteiger partial charge in [-0.25, -0.2) is 0 Å². The number of piperidine rings is 1. The first kappa shape index (κ1) is 25.2. The highest BCUT2D eigenvalue weighted by molar-refractivity contribution is 6.07. The van der Waals surface area contributed by atoms with E-state index in [4.69, 9.17) is 14.6 Å². The quantitative estimate of drug-likeness (QED) is 0.329. The highest BCUT2D eigenvalue weighted by Crippen LogP contribution is 2.40. The first-order valence-electron chi connectivity index (χ1n) is 11.8. The number of non-ortho nitro benzene ring substituents is 1. The van der Waals surface area contributed by atoms with E-state index in [1.807, 2.05) is 37.1 Å². The lowest BCUT2D eigenvalue weighted by Gasteiger charge is -2.39. The molecule has 10 heteroatoms. The van der Waals surface area contributed by atoms with E-state index in [0.717, 1.165) is 17.6 Å². The number of methoxy groups -OCH3 is 2. The van der Waals surface area contributed by atoms with E-state index in [1.54, 1.807) is 25.2 Å². The van der Waals surface area contributed by atoms with Crippen molar-refractivity contribution < 1.29 is 24.0 Å². The van der Waals surface area contributed by atoms with E-state index in [-0.39, 0.29) is 17.6 Å². The number of carbonyl (C=O) groups excluding carboxylic acids is 2. The highest BCUT2D eigenvalue weighted by Gasteiger charge is 2.47. The second-order valence-corrected chi connectivity index (χ2v) is 9.53. The Kier molecular flexibility index (Phi) is 6.96. The highest BCUT2D eigenvalue weighted by atomic mass is 16.6. The summed E-state index contributed by atoms with van der Waals surface area (Å²) >= 11 is 0. The molecular weight excluding hydrogens is 464 g/mol. The van der Waals surface area contributed by atoms with Crippen LogP contribution in [0.5, 0.6) is 11.5 Å². The number of hydrogen-bond acceptors (Lipinski definition) is 8. The van der Waals surface area contributed by atoms with Gasteiger partial charge in [0, 0.05) is 41.8 Å². The summed E-state index contributed by atoms with van der Waals surface area (Å²) in [5, 5.41) is 17.9. The molecule has 0 saturated carbocycles. The molecule has 1 atom stereocenters. The molecule has 1 fully saturated rings. The number of carbonyl (C=O) groups is 2. The number of aldehydes is 1. The number of rotatable bonds is 7. The third-order valence-corrected chi connectivity index (χ3v) is 7.07. The van der Waals surface area contributed by atoms with Crippen LogP contribution < -0.4 is 9.47 Å². The minimum absolute atomic E-state index is 0.0220. The van der Waals surface area contributed by atoms with Gasteiger partial charge < -0.3 is 19.2 Å². The number of benzene rings is 2. The molecule has 0 aliphatic carbocycles. The molecule has 4 rings (SSSR count). The van der Waals surface area contributed by atoms with Gasteiger partial charge in [0.15, 0.2) is 11.5 Å². The predicted molar refractivity (Wildman–Crippen MR) is 134 cm³/mol. The molecule has 2 heterocycles. The van der Waals surface area contributed by atoms with Crippen molar-refractivity contribution in [2.24, 2.45) is 10.5 Å². The van der Waals surface area contributed by atoms with Gasteiger partial charge in [-0.2, -0.15) is 5.10 Å². The molecule has 1 unspecified atom stereocenters. The lowest BCUT2D eigenvalue weighted by Crippen LogP contribution is -2.50. The molecule has 2 aliphatic rings. The zero-order valence-electron chi connectivity index (χ0n) is 20.8. The number of hydrazone groups is 1. The molecular formula is C26H30N4O6. The molecule has 2 aromatic rings. The molecule has 36 heavy (non-hydrogen) atoms. The van der Waals surface area contributed by atoms with Crippen LogP contribution in [0.2, 0.25) is 0 Å². The van der Waals surface area contributed by atoms with Gasteiger partial charge >= 0.3 is 0 Å². The third kappa shape index (κ3) is 4.50. The Labute approximate surface area is 209 Å². The average Bonchev–Trinajstić information content (AvgIpc) is 3.17. The van der Waals surface area contributed by atoms with Gasteiger partial charge in [0.25, 0.3) is 11.6 Å². The Bertz CT molecular complexity index is 1200. The number of nitrogens with zero attached hydrogens (tertiary/aromatic N) is 4. The Balaban J connectivity index is 1.53. The van der Waals surface area contributed by atoms with Crippen LogP contribution in [-0.2, 0) is 4.79 Å². The lowest BCUT2D eigenvalue weighted by molar-refractivity contribution is -0.384. The molecule has 190 valence electrons. The average molecular weight is 495 g/mol. The molecule has 0 radical (unpaired) electrons. The topological polar surface area (TPSA) is 115 Å². The van der Waals surface area contributed by atoms with Crippen LogP contribution in [0.3, 0.4) is 0 Å². The summed E-state index contributed by atoms with van der Waals surface area (Å²) in [6.07, 6.45) is 2.20. The smallest absolute Gasteiger partial charge is 0.270 e. The summed E-state index contributed by atoms with van der Waals surface area (Å²) in [5.74, 6) is 0.963.